The van der Waals surface area contributed by atoms with Crippen molar-refractivity contribution in [3.63, 3.8) is 0 Å². The van der Waals surface area contributed by atoms with Crippen molar-refractivity contribution in [2.75, 3.05) is 13.2 Å². The Kier molecular flexibility index (Phi) is 66.9. The SMILES string of the molecule is CCCCC/C=C\CCCCCCCC(=O)OCCCCCCCCCCCCCCCCCCCCCCCCCCCCCCCC(=O)NC(CO)C(O)CCCCCCCCCCCCCCCCCCCCCC. The van der Waals surface area contributed by atoms with Gasteiger partial charge in [-0.1, -0.05) is 360 Å². The Labute approximate surface area is 489 Å². The lowest BCUT2D eigenvalue weighted by molar-refractivity contribution is -0.143. The third kappa shape index (κ3) is 63.8. The number of hydrogen-bond donors (Lipinski definition) is 3. The molecular weight excluding hydrogens is 959 g/mol. The highest BCUT2D eigenvalue weighted by Gasteiger charge is 2.20. The van der Waals surface area contributed by atoms with Gasteiger partial charge in [-0.05, 0) is 51.4 Å². The van der Waals surface area contributed by atoms with Crippen LogP contribution in [0, 0.1) is 0 Å². The molecule has 0 heterocycles. The van der Waals surface area contributed by atoms with Gasteiger partial charge in [0.1, 0.15) is 0 Å². The van der Waals surface area contributed by atoms with Crippen molar-refractivity contribution in [1.82, 2.24) is 5.32 Å². The molecule has 2 unspecified atom stereocenters. The summed E-state index contributed by atoms with van der Waals surface area (Å²) in [5.74, 6) is -0.0163. The average Bonchev–Trinajstić information content (AvgIpc) is 3.44. The summed E-state index contributed by atoms with van der Waals surface area (Å²) in [5.41, 5.74) is 0. The van der Waals surface area contributed by atoms with Gasteiger partial charge in [0.25, 0.3) is 0 Å². The van der Waals surface area contributed by atoms with Crippen LogP contribution in [0.2, 0.25) is 0 Å². The number of hydrogen-bond acceptors (Lipinski definition) is 5. The number of rotatable bonds is 68. The molecule has 0 bridgehead atoms. The summed E-state index contributed by atoms with van der Waals surface area (Å²) in [6.45, 7) is 4.97. The van der Waals surface area contributed by atoms with E-state index in [4.69, 9.17) is 4.74 Å². The highest BCUT2D eigenvalue weighted by atomic mass is 16.5. The topological polar surface area (TPSA) is 95.9 Å². The van der Waals surface area contributed by atoms with Crippen LogP contribution in [0.25, 0.3) is 0 Å². The third-order valence-electron chi connectivity index (χ3n) is 17.1. The summed E-state index contributed by atoms with van der Waals surface area (Å²) in [6, 6.07) is -0.539. The lowest BCUT2D eigenvalue weighted by Gasteiger charge is -2.22. The number of aliphatic hydroxyl groups is 2. The fourth-order valence-electron chi connectivity index (χ4n) is 11.6. The largest absolute Gasteiger partial charge is 0.466 e. The van der Waals surface area contributed by atoms with E-state index in [-0.39, 0.29) is 18.5 Å². The highest BCUT2D eigenvalue weighted by Crippen LogP contribution is 2.20. The van der Waals surface area contributed by atoms with Gasteiger partial charge >= 0.3 is 5.97 Å². The maximum absolute atomic E-state index is 12.5. The Morgan fingerprint density at radius 1 is 0.346 bits per heavy atom. The minimum Gasteiger partial charge on any atom is -0.466 e. The van der Waals surface area contributed by atoms with Crippen LogP contribution in [0.5, 0.6) is 0 Å². The van der Waals surface area contributed by atoms with Crippen LogP contribution in [0.15, 0.2) is 12.2 Å². The number of ether oxygens (including phenoxy) is 1. The Morgan fingerprint density at radius 3 is 0.936 bits per heavy atom. The molecule has 1 amide bonds. The molecule has 0 spiro atoms. The van der Waals surface area contributed by atoms with Crippen molar-refractivity contribution >= 4 is 11.9 Å². The van der Waals surface area contributed by atoms with E-state index in [1.54, 1.807) is 0 Å². The first-order valence-electron chi connectivity index (χ1n) is 35.9. The van der Waals surface area contributed by atoms with Crippen LogP contribution in [0.1, 0.15) is 412 Å². The molecular formula is C72H141NO5. The number of carbonyl (C=O) groups is 2. The Balaban J connectivity index is 3.34. The monoisotopic (exact) mass is 1100 g/mol. The molecule has 0 aromatic heterocycles. The van der Waals surface area contributed by atoms with Gasteiger partial charge in [0.05, 0.1) is 25.4 Å². The molecule has 0 radical (unpaired) electrons. The lowest BCUT2D eigenvalue weighted by atomic mass is 10.0. The molecule has 0 fully saturated rings. The normalized spacial score (nSPS) is 12.5. The summed E-state index contributed by atoms with van der Waals surface area (Å²) in [6.07, 6.45) is 84.1. The molecule has 2 atom stereocenters. The number of carbonyl (C=O) groups excluding carboxylic acids is 2. The van der Waals surface area contributed by atoms with Gasteiger partial charge in [0.15, 0.2) is 0 Å². The van der Waals surface area contributed by atoms with E-state index in [0.717, 1.165) is 44.9 Å². The van der Waals surface area contributed by atoms with Crippen molar-refractivity contribution in [1.29, 1.82) is 0 Å². The fraction of sp³-hybridized carbons (Fsp3) is 0.944. The number of nitrogens with one attached hydrogen (secondary N) is 1. The molecule has 0 aliphatic heterocycles. The Bertz CT molecular complexity index is 1180. The molecule has 6 heteroatoms. The molecule has 0 saturated heterocycles. The first-order valence-corrected chi connectivity index (χ1v) is 35.9. The molecule has 0 saturated carbocycles. The number of allylic oxidation sites excluding steroid dienone is 2. The summed E-state index contributed by atoms with van der Waals surface area (Å²) >= 11 is 0. The van der Waals surface area contributed by atoms with E-state index in [1.807, 2.05) is 0 Å². The van der Waals surface area contributed by atoms with Gasteiger partial charge in [-0.25, -0.2) is 0 Å². The van der Waals surface area contributed by atoms with Crippen molar-refractivity contribution in [2.45, 2.75) is 424 Å². The molecule has 0 aliphatic carbocycles. The predicted octanol–water partition coefficient (Wildman–Crippen LogP) is 23.1. The zero-order chi connectivity index (χ0) is 56.4. The Hall–Kier alpha value is -1.40. The lowest BCUT2D eigenvalue weighted by Crippen LogP contribution is -2.45. The van der Waals surface area contributed by atoms with E-state index >= 15 is 0 Å². The first kappa shape index (κ1) is 76.6. The molecule has 0 aliphatic rings. The Morgan fingerprint density at radius 2 is 0.603 bits per heavy atom. The van der Waals surface area contributed by atoms with Gasteiger partial charge in [-0.3, -0.25) is 9.59 Å². The number of aliphatic hydroxyl groups excluding tert-OH is 2. The van der Waals surface area contributed by atoms with E-state index in [1.165, 1.54) is 334 Å². The summed E-state index contributed by atoms with van der Waals surface area (Å²) < 4.78 is 5.48. The summed E-state index contributed by atoms with van der Waals surface area (Å²) in [7, 11) is 0. The predicted molar refractivity (Wildman–Crippen MR) is 343 cm³/mol. The van der Waals surface area contributed by atoms with Crippen LogP contribution in [0.4, 0.5) is 0 Å². The van der Waals surface area contributed by atoms with Crippen LogP contribution in [-0.2, 0) is 14.3 Å². The standard InChI is InChI=1S/C72H141NO5/c1-3-5-7-9-11-13-15-17-18-19-20-32-35-38-41-44-48-52-56-60-64-70(75)69(68-74)73-71(76)65-61-57-53-49-45-42-39-36-33-30-28-26-24-22-21-23-25-27-29-31-34-37-40-43-47-51-55-59-63-67-78-72(77)66-62-58-54-50-46-16-14-12-10-8-6-4-2/h12,14,69-70,74-75H,3-11,13,15-68H2,1-2H3,(H,73,76)/b14-12-. The molecule has 464 valence electrons. The minimum absolute atomic E-state index is 0.0103. The number of unbranched alkanes of at least 4 members (excludes halogenated alkanes) is 55. The van der Waals surface area contributed by atoms with Gasteiger partial charge < -0.3 is 20.3 Å². The fourth-order valence-corrected chi connectivity index (χ4v) is 11.6. The maximum Gasteiger partial charge on any atom is 0.305 e. The second-order valence-corrected chi connectivity index (χ2v) is 24.9. The number of esters is 1. The number of amides is 1. The minimum atomic E-state index is -0.662. The molecule has 6 nitrogen and oxygen atoms in total. The first-order chi connectivity index (χ1) is 38.5. The van der Waals surface area contributed by atoms with Crippen molar-refractivity contribution < 1.29 is 24.5 Å². The van der Waals surface area contributed by atoms with Crippen LogP contribution in [0.3, 0.4) is 0 Å². The summed E-state index contributed by atoms with van der Waals surface area (Å²) in [5, 5.41) is 23.4. The second-order valence-electron chi connectivity index (χ2n) is 24.9. The third-order valence-corrected chi connectivity index (χ3v) is 17.1. The summed E-state index contributed by atoms with van der Waals surface area (Å²) in [4.78, 5) is 24.6. The average molecular weight is 1100 g/mol. The van der Waals surface area contributed by atoms with Crippen LogP contribution >= 0.6 is 0 Å². The maximum atomic E-state index is 12.5. The molecule has 3 N–H and O–H groups in total. The van der Waals surface area contributed by atoms with Crippen molar-refractivity contribution in [3.05, 3.63) is 12.2 Å². The van der Waals surface area contributed by atoms with Gasteiger partial charge in [-0.15, -0.1) is 0 Å². The quantitative estimate of drug-likeness (QED) is 0.0320. The van der Waals surface area contributed by atoms with Gasteiger partial charge in [-0.2, -0.15) is 0 Å². The van der Waals surface area contributed by atoms with E-state index in [0.29, 0.717) is 25.9 Å². The van der Waals surface area contributed by atoms with Crippen LogP contribution in [-0.4, -0.2) is 47.4 Å². The zero-order valence-corrected chi connectivity index (χ0v) is 53.2. The molecule has 78 heavy (non-hydrogen) atoms. The second kappa shape index (κ2) is 68.1. The highest BCUT2D eigenvalue weighted by molar-refractivity contribution is 5.76. The zero-order valence-electron chi connectivity index (χ0n) is 53.2. The van der Waals surface area contributed by atoms with Gasteiger partial charge in [0, 0.05) is 12.8 Å². The molecule has 0 rings (SSSR count). The van der Waals surface area contributed by atoms with E-state index in [9.17, 15) is 19.8 Å². The van der Waals surface area contributed by atoms with E-state index in [2.05, 4.69) is 31.3 Å². The van der Waals surface area contributed by atoms with E-state index < -0.39 is 12.1 Å². The smallest absolute Gasteiger partial charge is 0.305 e. The molecule has 0 aromatic rings. The van der Waals surface area contributed by atoms with Crippen molar-refractivity contribution in [3.8, 4) is 0 Å². The van der Waals surface area contributed by atoms with Gasteiger partial charge in [0.2, 0.25) is 5.91 Å². The van der Waals surface area contributed by atoms with Crippen LogP contribution < -0.4 is 5.32 Å². The molecule has 0 aromatic carbocycles. The van der Waals surface area contributed by atoms with Crippen molar-refractivity contribution in [2.24, 2.45) is 0 Å².